The molecule has 0 atom stereocenters. The van der Waals surface area contributed by atoms with Crippen LogP contribution in [0.25, 0.3) is 94.3 Å². The van der Waals surface area contributed by atoms with Crippen LogP contribution < -0.4 is 0 Å². The molecular formula is C47H30N4. The molecule has 0 unspecified atom stereocenters. The van der Waals surface area contributed by atoms with E-state index >= 15 is 0 Å². The number of hydrogen-bond donors (Lipinski definition) is 0. The third-order valence-electron chi connectivity index (χ3n) is 9.82. The van der Waals surface area contributed by atoms with Crippen molar-refractivity contribution in [2.45, 2.75) is 0 Å². The van der Waals surface area contributed by atoms with Crippen molar-refractivity contribution >= 4 is 43.4 Å². The molecule has 2 aromatic heterocycles. The highest BCUT2D eigenvalue weighted by molar-refractivity contribution is 6.10. The molecule has 0 bridgehead atoms. The molecule has 4 heteroatoms. The molecule has 51 heavy (non-hydrogen) atoms. The first-order valence-electron chi connectivity index (χ1n) is 17.2. The minimum Gasteiger partial charge on any atom is -0.309 e. The molecule has 2 heterocycles. The normalized spacial score (nSPS) is 11.5. The monoisotopic (exact) mass is 650 g/mol. The van der Waals surface area contributed by atoms with Crippen molar-refractivity contribution in [3.8, 4) is 51.0 Å². The number of hydrogen-bond acceptors (Lipinski definition) is 3. The Labute approximate surface area is 295 Å². The fourth-order valence-corrected chi connectivity index (χ4v) is 7.43. The number of rotatable bonds is 5. The Hall–Kier alpha value is -6.91. The molecule has 0 spiro atoms. The van der Waals surface area contributed by atoms with Gasteiger partial charge in [-0.25, -0.2) is 15.0 Å². The van der Waals surface area contributed by atoms with Crippen molar-refractivity contribution in [3.05, 3.63) is 182 Å². The molecule has 4 nitrogen and oxygen atoms in total. The summed E-state index contributed by atoms with van der Waals surface area (Å²) in [6, 6.07) is 63.9. The fraction of sp³-hybridized carbons (Fsp3) is 0. The molecule has 10 aromatic rings. The number of benzene rings is 8. The summed E-state index contributed by atoms with van der Waals surface area (Å²) in [6.45, 7) is 0. The lowest BCUT2D eigenvalue weighted by Gasteiger charge is -2.14. The van der Waals surface area contributed by atoms with Crippen LogP contribution in [0.4, 0.5) is 0 Å². The Morgan fingerprint density at radius 3 is 1.76 bits per heavy atom. The predicted molar refractivity (Wildman–Crippen MR) is 211 cm³/mol. The molecule has 0 saturated heterocycles. The summed E-state index contributed by atoms with van der Waals surface area (Å²) in [5, 5.41) is 7.08. The van der Waals surface area contributed by atoms with Gasteiger partial charge in [0.05, 0.1) is 11.0 Å². The van der Waals surface area contributed by atoms with E-state index < -0.39 is 0 Å². The second kappa shape index (κ2) is 11.9. The SMILES string of the molecule is c1ccc(-c2nc(-c3ccc4c5ccccc5n(-c5ccccc5)c4c3)nc(-c3cccc4cccc(-c5ccc6ccccc6c5)c34)n2)cc1. The third kappa shape index (κ3) is 4.96. The first-order valence-corrected chi connectivity index (χ1v) is 17.2. The van der Waals surface area contributed by atoms with E-state index in [-0.39, 0.29) is 0 Å². The lowest BCUT2D eigenvalue weighted by Crippen LogP contribution is -2.01. The number of aromatic nitrogens is 4. The average Bonchev–Trinajstić information content (AvgIpc) is 3.54. The van der Waals surface area contributed by atoms with Gasteiger partial charge in [0.15, 0.2) is 17.5 Å². The Kier molecular flexibility index (Phi) is 6.78. The number of fused-ring (bicyclic) bond motifs is 5. The van der Waals surface area contributed by atoms with Gasteiger partial charge < -0.3 is 4.57 Å². The van der Waals surface area contributed by atoms with Gasteiger partial charge in [-0.1, -0.05) is 152 Å². The van der Waals surface area contributed by atoms with E-state index in [4.69, 9.17) is 15.0 Å². The molecule has 238 valence electrons. The van der Waals surface area contributed by atoms with Crippen LogP contribution in [0.5, 0.6) is 0 Å². The van der Waals surface area contributed by atoms with Crippen LogP contribution in [0.1, 0.15) is 0 Å². The Morgan fingerprint density at radius 2 is 0.941 bits per heavy atom. The maximum atomic E-state index is 5.27. The molecule has 0 N–H and O–H groups in total. The molecule has 0 saturated carbocycles. The summed E-state index contributed by atoms with van der Waals surface area (Å²) >= 11 is 0. The minimum absolute atomic E-state index is 0.630. The fourth-order valence-electron chi connectivity index (χ4n) is 7.43. The van der Waals surface area contributed by atoms with Crippen LogP contribution in [0.3, 0.4) is 0 Å². The second-order valence-corrected chi connectivity index (χ2v) is 12.9. The zero-order chi connectivity index (χ0) is 33.7. The van der Waals surface area contributed by atoms with E-state index in [0.717, 1.165) is 55.3 Å². The summed E-state index contributed by atoms with van der Waals surface area (Å²) in [5.41, 5.74) is 8.52. The smallest absolute Gasteiger partial charge is 0.164 e. The van der Waals surface area contributed by atoms with Gasteiger partial charge in [-0.2, -0.15) is 0 Å². The minimum atomic E-state index is 0.630. The van der Waals surface area contributed by atoms with E-state index in [9.17, 15) is 0 Å². The number of para-hydroxylation sites is 2. The van der Waals surface area contributed by atoms with Gasteiger partial charge in [0.1, 0.15) is 0 Å². The highest BCUT2D eigenvalue weighted by atomic mass is 15.0. The molecule has 0 aliphatic heterocycles. The molecule has 0 aliphatic carbocycles. The van der Waals surface area contributed by atoms with Crippen molar-refractivity contribution in [2.24, 2.45) is 0 Å². The van der Waals surface area contributed by atoms with Gasteiger partial charge in [-0.15, -0.1) is 0 Å². The quantitative estimate of drug-likeness (QED) is 0.186. The Morgan fingerprint density at radius 1 is 0.333 bits per heavy atom. The molecule has 8 aromatic carbocycles. The zero-order valence-corrected chi connectivity index (χ0v) is 27.6. The highest BCUT2D eigenvalue weighted by Crippen LogP contribution is 2.39. The van der Waals surface area contributed by atoms with Gasteiger partial charge in [-0.05, 0) is 57.6 Å². The Bertz CT molecular complexity index is 2900. The largest absolute Gasteiger partial charge is 0.309 e. The molecular weight excluding hydrogens is 621 g/mol. The predicted octanol–water partition coefficient (Wildman–Crippen LogP) is 11.9. The van der Waals surface area contributed by atoms with Crippen LogP contribution in [0.2, 0.25) is 0 Å². The van der Waals surface area contributed by atoms with Crippen LogP contribution in [0.15, 0.2) is 182 Å². The first kappa shape index (κ1) is 29.0. The van der Waals surface area contributed by atoms with Crippen LogP contribution in [0, 0.1) is 0 Å². The van der Waals surface area contributed by atoms with E-state index in [1.165, 1.54) is 21.5 Å². The summed E-state index contributed by atoms with van der Waals surface area (Å²) in [6.07, 6.45) is 0. The molecule has 0 fully saturated rings. The summed E-state index contributed by atoms with van der Waals surface area (Å²) in [7, 11) is 0. The van der Waals surface area contributed by atoms with Crippen LogP contribution >= 0.6 is 0 Å². The lowest BCUT2D eigenvalue weighted by molar-refractivity contribution is 1.08. The Balaban J connectivity index is 1.22. The van der Waals surface area contributed by atoms with Crippen molar-refractivity contribution < 1.29 is 0 Å². The molecule has 10 rings (SSSR count). The topological polar surface area (TPSA) is 43.6 Å². The average molecular weight is 651 g/mol. The van der Waals surface area contributed by atoms with E-state index in [1.807, 2.05) is 18.2 Å². The van der Waals surface area contributed by atoms with Crippen molar-refractivity contribution in [1.82, 2.24) is 19.5 Å². The van der Waals surface area contributed by atoms with Crippen molar-refractivity contribution in [3.63, 3.8) is 0 Å². The summed E-state index contributed by atoms with van der Waals surface area (Å²) in [5.74, 6) is 1.91. The maximum absolute atomic E-state index is 5.27. The van der Waals surface area contributed by atoms with Gasteiger partial charge >= 0.3 is 0 Å². The van der Waals surface area contributed by atoms with Gasteiger partial charge in [0.25, 0.3) is 0 Å². The molecule has 0 amide bonds. The van der Waals surface area contributed by atoms with Gasteiger partial charge in [0, 0.05) is 38.5 Å². The highest BCUT2D eigenvalue weighted by Gasteiger charge is 2.19. The second-order valence-electron chi connectivity index (χ2n) is 12.9. The lowest BCUT2D eigenvalue weighted by atomic mass is 9.93. The maximum Gasteiger partial charge on any atom is 0.164 e. The van der Waals surface area contributed by atoms with E-state index in [0.29, 0.717) is 17.5 Å². The van der Waals surface area contributed by atoms with Crippen molar-refractivity contribution in [2.75, 3.05) is 0 Å². The van der Waals surface area contributed by atoms with E-state index in [1.54, 1.807) is 0 Å². The summed E-state index contributed by atoms with van der Waals surface area (Å²) < 4.78 is 2.33. The molecule has 0 radical (unpaired) electrons. The standard InChI is InChI=1S/C47H30N4/c1-3-14-33(15-4-1)45-48-46(36-27-28-40-39-21-9-10-24-42(39)51(43(40)30-36)37-19-5-2-6-20-37)50-47(49-45)41-23-12-18-32-17-11-22-38(44(32)41)35-26-25-31-13-7-8-16-34(31)29-35/h1-30H. The van der Waals surface area contributed by atoms with Crippen LogP contribution in [-0.4, -0.2) is 19.5 Å². The number of nitrogens with zero attached hydrogens (tertiary/aromatic N) is 4. The van der Waals surface area contributed by atoms with E-state index in [2.05, 4.69) is 168 Å². The van der Waals surface area contributed by atoms with Gasteiger partial charge in [0.2, 0.25) is 0 Å². The third-order valence-corrected chi connectivity index (χ3v) is 9.82. The van der Waals surface area contributed by atoms with Gasteiger partial charge in [-0.3, -0.25) is 0 Å². The summed E-state index contributed by atoms with van der Waals surface area (Å²) in [4.78, 5) is 15.6. The molecule has 0 aliphatic rings. The van der Waals surface area contributed by atoms with Crippen LogP contribution in [-0.2, 0) is 0 Å². The van der Waals surface area contributed by atoms with Crippen molar-refractivity contribution in [1.29, 1.82) is 0 Å². The first-order chi connectivity index (χ1) is 25.3. The zero-order valence-electron chi connectivity index (χ0n) is 27.6.